The summed E-state index contributed by atoms with van der Waals surface area (Å²) in [5.74, 6) is 0.604. The summed E-state index contributed by atoms with van der Waals surface area (Å²) in [5.41, 5.74) is -1.03. The molecule has 4 rings (SSSR count). The topological polar surface area (TPSA) is 159 Å². The van der Waals surface area contributed by atoms with E-state index in [0.717, 1.165) is 0 Å². The number of nitrogens with zero attached hydrogens (tertiary/aromatic N) is 4. The molecule has 15 heteroatoms. The molecule has 1 saturated heterocycles. The number of rotatable bonds is 11. The third-order valence-corrected chi connectivity index (χ3v) is 8.64. The van der Waals surface area contributed by atoms with Gasteiger partial charge in [-0.25, -0.2) is 15.1 Å². The fraction of sp³-hybridized carbons (Fsp3) is 0.520. The number of aliphatic hydroxyl groups is 2. The third kappa shape index (κ3) is 6.44. The maximum atomic E-state index is 12.5. The van der Waals surface area contributed by atoms with E-state index in [1.54, 1.807) is 52.0 Å². The molecule has 3 aromatic rings. The van der Waals surface area contributed by atoms with Crippen LogP contribution in [0.4, 0.5) is 0 Å². The van der Waals surface area contributed by atoms with Gasteiger partial charge in [-0.3, -0.25) is 9.36 Å². The van der Waals surface area contributed by atoms with Gasteiger partial charge in [-0.05, 0) is 58.6 Å². The fourth-order valence-electron chi connectivity index (χ4n) is 4.19. The summed E-state index contributed by atoms with van der Waals surface area (Å²) in [6.07, 6.45) is -2.38. The van der Waals surface area contributed by atoms with E-state index in [1.807, 2.05) is 6.07 Å². The summed E-state index contributed by atoms with van der Waals surface area (Å²) in [4.78, 5) is 25.5. The van der Waals surface area contributed by atoms with Crippen molar-refractivity contribution in [3.8, 4) is 11.6 Å². The van der Waals surface area contributed by atoms with E-state index in [0.29, 0.717) is 22.7 Å². The first kappa shape index (κ1) is 30.3. The van der Waals surface area contributed by atoms with Gasteiger partial charge in [0.25, 0.3) is 0 Å². The first-order valence-electron chi connectivity index (χ1n) is 12.6. The van der Waals surface area contributed by atoms with Crippen molar-refractivity contribution < 1.29 is 38.3 Å². The summed E-state index contributed by atoms with van der Waals surface area (Å²) in [6, 6.07) is 7.91. The molecule has 0 bridgehead atoms. The standard InChI is InChI=1S/C25H34N5O8PS/c1-14(2)36-23(32)15(3)29-39(40,38-17-10-8-7-9-11-17)35-12-18-20(31)25(5,33)24(37-18)30-13-26-19-21(30)27-16(4)28-22(19)34-6/h7-11,13-15,18,20,24,31,33H,12H2,1-6H3,(H,29,40)/t15?,18-,20?,24-,25?,39?/m1/s1. The smallest absolute Gasteiger partial charge is 0.323 e. The molecular weight excluding hydrogens is 561 g/mol. The number of hydrogen-bond acceptors (Lipinski definition) is 12. The molecule has 0 spiro atoms. The minimum atomic E-state index is -3.40. The molecule has 13 nitrogen and oxygen atoms in total. The first-order valence-corrected chi connectivity index (χ1v) is 15.3. The Morgan fingerprint density at radius 3 is 2.62 bits per heavy atom. The summed E-state index contributed by atoms with van der Waals surface area (Å²) in [5, 5.41) is 25.3. The summed E-state index contributed by atoms with van der Waals surface area (Å²) < 4.78 is 30.2. The van der Waals surface area contributed by atoms with Crippen LogP contribution in [0.1, 0.15) is 39.7 Å². The molecule has 1 fully saturated rings. The zero-order valence-electron chi connectivity index (χ0n) is 23.0. The Bertz CT molecular complexity index is 1390. The lowest BCUT2D eigenvalue weighted by Crippen LogP contribution is -2.44. The van der Waals surface area contributed by atoms with Gasteiger partial charge in [-0.15, -0.1) is 0 Å². The van der Waals surface area contributed by atoms with Gasteiger partial charge in [-0.1, -0.05) is 18.2 Å². The van der Waals surface area contributed by atoms with Crippen LogP contribution >= 0.6 is 6.64 Å². The second kappa shape index (κ2) is 12.0. The highest BCUT2D eigenvalue weighted by Gasteiger charge is 2.54. The quantitative estimate of drug-likeness (QED) is 0.219. The molecule has 0 amide bonds. The van der Waals surface area contributed by atoms with Gasteiger partial charge >= 0.3 is 12.6 Å². The van der Waals surface area contributed by atoms with E-state index in [2.05, 4.69) is 20.0 Å². The van der Waals surface area contributed by atoms with Crippen LogP contribution in [0, 0.1) is 6.92 Å². The van der Waals surface area contributed by atoms with Crippen molar-refractivity contribution in [3.05, 3.63) is 42.5 Å². The highest BCUT2D eigenvalue weighted by molar-refractivity contribution is 8.09. The van der Waals surface area contributed by atoms with Crippen LogP contribution in [0.3, 0.4) is 0 Å². The number of aromatic nitrogens is 4. The second-order valence-electron chi connectivity index (χ2n) is 9.84. The maximum absolute atomic E-state index is 12.5. The molecule has 6 atom stereocenters. The van der Waals surface area contributed by atoms with Gasteiger partial charge < -0.3 is 33.5 Å². The van der Waals surface area contributed by atoms with Gasteiger partial charge in [0.2, 0.25) is 5.88 Å². The molecule has 0 saturated carbocycles. The normalized spacial score (nSPS) is 25.1. The molecular formula is C25H34N5O8PS. The molecule has 40 heavy (non-hydrogen) atoms. The van der Waals surface area contributed by atoms with Crippen molar-refractivity contribution in [1.82, 2.24) is 24.6 Å². The molecule has 4 unspecified atom stereocenters. The lowest BCUT2D eigenvalue weighted by Gasteiger charge is -2.28. The first-order chi connectivity index (χ1) is 18.8. The summed E-state index contributed by atoms with van der Waals surface area (Å²) in [6.45, 7) is 4.55. The van der Waals surface area contributed by atoms with E-state index in [-0.39, 0.29) is 18.6 Å². The Morgan fingerprint density at radius 1 is 1.27 bits per heavy atom. The molecule has 0 radical (unpaired) electrons. The number of nitrogens with one attached hydrogen (secondary N) is 1. The van der Waals surface area contributed by atoms with Crippen molar-refractivity contribution in [2.75, 3.05) is 13.7 Å². The average molecular weight is 596 g/mol. The number of methoxy groups -OCH3 is 1. The SMILES string of the molecule is COc1nc(C)nc2c1ncn2[C@@H]1O[C@H](COP(=S)(NC(C)C(=O)OC(C)C)Oc2ccccc2)C(O)C1(C)O. The van der Waals surface area contributed by atoms with Crippen LogP contribution in [0.15, 0.2) is 36.7 Å². The van der Waals surface area contributed by atoms with Crippen LogP contribution in [0.5, 0.6) is 11.6 Å². The number of fused-ring (bicyclic) bond motifs is 1. The predicted octanol–water partition coefficient (Wildman–Crippen LogP) is 2.40. The minimum Gasteiger partial charge on any atom is -0.479 e. The zero-order valence-corrected chi connectivity index (χ0v) is 24.8. The Morgan fingerprint density at radius 2 is 1.98 bits per heavy atom. The predicted molar refractivity (Wildman–Crippen MR) is 148 cm³/mol. The highest BCUT2D eigenvalue weighted by atomic mass is 32.5. The highest BCUT2D eigenvalue weighted by Crippen LogP contribution is 2.47. The van der Waals surface area contributed by atoms with Gasteiger partial charge in [0.15, 0.2) is 17.4 Å². The van der Waals surface area contributed by atoms with E-state index in [9.17, 15) is 15.0 Å². The van der Waals surface area contributed by atoms with Crippen molar-refractivity contribution in [3.63, 3.8) is 0 Å². The third-order valence-electron chi connectivity index (χ3n) is 6.14. The molecule has 218 valence electrons. The average Bonchev–Trinajstić information content (AvgIpc) is 3.40. The van der Waals surface area contributed by atoms with Crippen LogP contribution in [-0.2, 0) is 30.6 Å². The molecule has 3 heterocycles. The Kier molecular flexibility index (Phi) is 9.10. The lowest BCUT2D eigenvalue weighted by molar-refractivity contribution is -0.149. The number of aliphatic hydroxyl groups excluding tert-OH is 1. The number of ether oxygens (including phenoxy) is 3. The molecule has 0 aliphatic carbocycles. The van der Waals surface area contributed by atoms with E-state index < -0.39 is 42.7 Å². The Labute approximate surface area is 237 Å². The number of aryl methyl sites for hydroxylation is 1. The van der Waals surface area contributed by atoms with E-state index in [1.165, 1.54) is 24.9 Å². The number of hydrogen-bond donors (Lipinski definition) is 3. The zero-order chi connectivity index (χ0) is 29.2. The summed E-state index contributed by atoms with van der Waals surface area (Å²) in [7, 11) is 1.47. The summed E-state index contributed by atoms with van der Waals surface area (Å²) >= 11 is 5.74. The minimum absolute atomic E-state index is 0.263. The number of para-hydroxylation sites is 1. The van der Waals surface area contributed by atoms with Gasteiger partial charge in [0.1, 0.15) is 35.4 Å². The number of esters is 1. The van der Waals surface area contributed by atoms with Gasteiger partial charge in [0.05, 0.1) is 26.1 Å². The number of carbonyl (C=O) groups excluding carboxylic acids is 1. The second-order valence-corrected chi connectivity index (χ2v) is 13.0. The maximum Gasteiger partial charge on any atom is 0.323 e. The molecule has 3 N–H and O–H groups in total. The Balaban J connectivity index is 1.56. The van der Waals surface area contributed by atoms with Crippen molar-refractivity contribution >= 4 is 35.6 Å². The number of carbonyl (C=O) groups is 1. The van der Waals surface area contributed by atoms with Gasteiger partial charge in [-0.2, -0.15) is 4.98 Å². The van der Waals surface area contributed by atoms with Crippen LogP contribution in [-0.4, -0.2) is 79.4 Å². The van der Waals surface area contributed by atoms with Crippen LogP contribution < -0.4 is 14.3 Å². The van der Waals surface area contributed by atoms with Gasteiger partial charge in [0, 0.05) is 0 Å². The number of imidazole rings is 1. The molecule has 2 aromatic heterocycles. The van der Waals surface area contributed by atoms with Crippen molar-refractivity contribution in [1.29, 1.82) is 0 Å². The van der Waals surface area contributed by atoms with Crippen LogP contribution in [0.25, 0.3) is 11.2 Å². The van der Waals surface area contributed by atoms with E-state index >= 15 is 0 Å². The monoisotopic (exact) mass is 595 g/mol. The fourth-order valence-corrected chi connectivity index (χ4v) is 6.61. The largest absolute Gasteiger partial charge is 0.479 e. The lowest BCUT2D eigenvalue weighted by atomic mass is 9.96. The molecule has 1 aliphatic rings. The van der Waals surface area contributed by atoms with Crippen molar-refractivity contribution in [2.45, 2.75) is 70.8 Å². The Hall–Kier alpha value is -2.71. The number of benzene rings is 1. The molecule has 1 aliphatic heterocycles. The van der Waals surface area contributed by atoms with E-state index in [4.69, 9.17) is 35.1 Å². The van der Waals surface area contributed by atoms with Crippen molar-refractivity contribution in [2.24, 2.45) is 0 Å². The molecule has 1 aromatic carbocycles. The van der Waals surface area contributed by atoms with Crippen LogP contribution in [0.2, 0.25) is 0 Å².